The maximum atomic E-state index is 11.5. The molecule has 2 rings (SSSR count). The second-order valence-corrected chi connectivity index (χ2v) is 6.28. The van der Waals surface area contributed by atoms with Gasteiger partial charge in [0.2, 0.25) is 0 Å². The van der Waals surface area contributed by atoms with Crippen molar-refractivity contribution in [3.63, 3.8) is 0 Å². The molecular formula is C18H17Cl3O3. The summed E-state index contributed by atoms with van der Waals surface area (Å²) in [5, 5.41) is 1.51. The summed E-state index contributed by atoms with van der Waals surface area (Å²) in [5.74, 6) is 0.486. The van der Waals surface area contributed by atoms with E-state index in [-0.39, 0.29) is 19.0 Å². The average Bonchev–Trinajstić information content (AvgIpc) is 2.56. The fourth-order valence-corrected chi connectivity index (χ4v) is 2.82. The highest BCUT2D eigenvalue weighted by Crippen LogP contribution is 2.34. The van der Waals surface area contributed by atoms with E-state index in [0.29, 0.717) is 32.1 Å². The molecule has 128 valence electrons. The van der Waals surface area contributed by atoms with Gasteiger partial charge < -0.3 is 9.47 Å². The molecule has 2 aromatic carbocycles. The van der Waals surface area contributed by atoms with Gasteiger partial charge in [0.25, 0.3) is 0 Å². The highest BCUT2D eigenvalue weighted by Gasteiger charge is 2.14. The molecule has 0 aliphatic rings. The van der Waals surface area contributed by atoms with Gasteiger partial charge in [-0.25, -0.2) is 0 Å². The standard InChI is InChI=1S/C18H17Cl3O3/c1-3-11-8-15(21)17(9-14(11)20)23-10-12-13(19)6-5-7-16(12)24-18(22)4-2/h5-9H,3-4,10H2,1-2H3. The Labute approximate surface area is 156 Å². The Hall–Kier alpha value is -1.42. The van der Waals surface area contributed by atoms with Crippen LogP contribution < -0.4 is 9.47 Å². The number of ether oxygens (including phenoxy) is 2. The molecule has 0 aromatic heterocycles. The molecule has 6 heteroatoms. The third kappa shape index (κ3) is 4.56. The van der Waals surface area contributed by atoms with Crippen molar-refractivity contribution >= 4 is 40.8 Å². The summed E-state index contributed by atoms with van der Waals surface area (Å²) in [4.78, 5) is 11.5. The Bertz CT molecular complexity index is 745. The molecule has 0 bridgehead atoms. The Morgan fingerprint density at radius 2 is 1.75 bits per heavy atom. The van der Waals surface area contributed by atoms with Crippen LogP contribution in [0.2, 0.25) is 15.1 Å². The average molecular weight is 388 g/mol. The minimum Gasteiger partial charge on any atom is -0.487 e. The summed E-state index contributed by atoms with van der Waals surface area (Å²) >= 11 is 18.6. The molecule has 0 atom stereocenters. The van der Waals surface area contributed by atoms with E-state index >= 15 is 0 Å². The van der Waals surface area contributed by atoms with Gasteiger partial charge >= 0.3 is 5.97 Å². The van der Waals surface area contributed by atoms with E-state index in [4.69, 9.17) is 44.3 Å². The lowest BCUT2D eigenvalue weighted by Gasteiger charge is -2.14. The molecule has 3 nitrogen and oxygen atoms in total. The van der Waals surface area contributed by atoms with Gasteiger partial charge in [-0.2, -0.15) is 0 Å². The fraction of sp³-hybridized carbons (Fsp3) is 0.278. The molecule has 24 heavy (non-hydrogen) atoms. The first-order chi connectivity index (χ1) is 11.5. The second-order valence-electron chi connectivity index (χ2n) is 5.06. The number of esters is 1. The number of carbonyl (C=O) groups is 1. The van der Waals surface area contributed by atoms with Crippen LogP contribution in [0.5, 0.6) is 11.5 Å². The van der Waals surface area contributed by atoms with Crippen molar-refractivity contribution in [1.29, 1.82) is 0 Å². The zero-order chi connectivity index (χ0) is 17.7. The Morgan fingerprint density at radius 1 is 1.00 bits per heavy atom. The predicted octanol–water partition coefficient (Wildman–Crippen LogP) is 6.10. The van der Waals surface area contributed by atoms with Crippen LogP contribution in [-0.4, -0.2) is 5.97 Å². The topological polar surface area (TPSA) is 35.5 Å². The van der Waals surface area contributed by atoms with Crippen LogP contribution in [0.1, 0.15) is 31.4 Å². The van der Waals surface area contributed by atoms with Crippen LogP contribution in [0.4, 0.5) is 0 Å². The molecular weight excluding hydrogens is 371 g/mol. The van der Waals surface area contributed by atoms with Gasteiger partial charge in [-0.05, 0) is 30.2 Å². The van der Waals surface area contributed by atoms with Gasteiger partial charge in [-0.1, -0.05) is 54.7 Å². The van der Waals surface area contributed by atoms with E-state index in [1.54, 1.807) is 37.3 Å². The monoisotopic (exact) mass is 386 g/mol. The maximum absolute atomic E-state index is 11.5. The van der Waals surface area contributed by atoms with Crippen molar-refractivity contribution in [3.05, 3.63) is 56.5 Å². The first kappa shape index (κ1) is 18.9. The largest absolute Gasteiger partial charge is 0.487 e. The summed E-state index contributed by atoms with van der Waals surface area (Å²) in [7, 11) is 0. The van der Waals surface area contributed by atoms with Gasteiger partial charge in [0, 0.05) is 17.5 Å². The lowest BCUT2D eigenvalue weighted by atomic mass is 10.1. The van der Waals surface area contributed by atoms with Crippen molar-refractivity contribution in [1.82, 2.24) is 0 Å². The number of carbonyl (C=O) groups excluding carboxylic acids is 1. The number of hydrogen-bond donors (Lipinski definition) is 0. The molecule has 0 amide bonds. The first-order valence-electron chi connectivity index (χ1n) is 7.55. The Balaban J connectivity index is 2.23. The van der Waals surface area contributed by atoms with Crippen LogP contribution in [0.15, 0.2) is 30.3 Å². The summed E-state index contributed by atoms with van der Waals surface area (Å²) in [6.45, 7) is 3.82. The van der Waals surface area contributed by atoms with Crippen LogP contribution in [-0.2, 0) is 17.8 Å². The van der Waals surface area contributed by atoms with Gasteiger partial charge in [0.05, 0.1) is 15.6 Å². The summed E-state index contributed by atoms with van der Waals surface area (Å²) in [6.07, 6.45) is 1.05. The van der Waals surface area contributed by atoms with Crippen LogP contribution >= 0.6 is 34.8 Å². The molecule has 0 aliphatic heterocycles. The summed E-state index contributed by atoms with van der Waals surface area (Å²) in [5.41, 5.74) is 1.53. The molecule has 0 fully saturated rings. The van der Waals surface area contributed by atoms with Crippen molar-refractivity contribution in [3.8, 4) is 11.5 Å². The fourth-order valence-electron chi connectivity index (χ4n) is 2.07. The zero-order valence-corrected chi connectivity index (χ0v) is 15.6. The van der Waals surface area contributed by atoms with Crippen LogP contribution in [0.25, 0.3) is 0 Å². The van der Waals surface area contributed by atoms with Gasteiger partial charge in [-0.3, -0.25) is 4.79 Å². The molecule has 0 aliphatic carbocycles. The first-order valence-corrected chi connectivity index (χ1v) is 8.68. The van der Waals surface area contributed by atoms with Crippen LogP contribution in [0.3, 0.4) is 0 Å². The van der Waals surface area contributed by atoms with E-state index in [1.807, 2.05) is 6.92 Å². The Kier molecular flexibility index (Phi) is 6.79. The number of aryl methyl sites for hydroxylation is 1. The van der Waals surface area contributed by atoms with Crippen LogP contribution in [0, 0.1) is 0 Å². The molecule has 0 heterocycles. The van der Waals surface area contributed by atoms with E-state index in [0.717, 1.165) is 12.0 Å². The number of rotatable bonds is 6. The van der Waals surface area contributed by atoms with Gasteiger partial charge in [0.1, 0.15) is 18.1 Å². The van der Waals surface area contributed by atoms with Gasteiger partial charge in [0.15, 0.2) is 0 Å². The van der Waals surface area contributed by atoms with E-state index in [2.05, 4.69) is 0 Å². The molecule has 0 saturated heterocycles. The van der Waals surface area contributed by atoms with Crippen molar-refractivity contribution in [2.45, 2.75) is 33.3 Å². The predicted molar refractivity (Wildman–Crippen MR) is 97.6 cm³/mol. The van der Waals surface area contributed by atoms with E-state index in [9.17, 15) is 4.79 Å². The smallest absolute Gasteiger partial charge is 0.310 e. The molecule has 0 N–H and O–H groups in total. The molecule has 0 spiro atoms. The SMILES string of the molecule is CCC(=O)Oc1cccc(Cl)c1COc1cc(Cl)c(CC)cc1Cl. The summed E-state index contributed by atoms with van der Waals surface area (Å²) in [6, 6.07) is 8.55. The Morgan fingerprint density at radius 3 is 2.42 bits per heavy atom. The summed E-state index contributed by atoms with van der Waals surface area (Å²) < 4.78 is 11.0. The van der Waals surface area contributed by atoms with Gasteiger partial charge in [-0.15, -0.1) is 0 Å². The quantitative estimate of drug-likeness (QED) is 0.443. The third-order valence-electron chi connectivity index (χ3n) is 3.44. The molecule has 0 saturated carbocycles. The molecule has 0 radical (unpaired) electrons. The second kappa shape index (κ2) is 8.61. The zero-order valence-electron chi connectivity index (χ0n) is 13.4. The maximum Gasteiger partial charge on any atom is 0.310 e. The third-order valence-corrected chi connectivity index (χ3v) is 4.44. The highest BCUT2D eigenvalue weighted by atomic mass is 35.5. The lowest BCUT2D eigenvalue weighted by Crippen LogP contribution is -2.09. The lowest BCUT2D eigenvalue weighted by molar-refractivity contribution is -0.134. The highest BCUT2D eigenvalue weighted by molar-refractivity contribution is 6.34. The minimum atomic E-state index is -0.341. The number of hydrogen-bond acceptors (Lipinski definition) is 3. The minimum absolute atomic E-state index is 0.105. The van der Waals surface area contributed by atoms with Crippen molar-refractivity contribution in [2.24, 2.45) is 0 Å². The van der Waals surface area contributed by atoms with Crippen molar-refractivity contribution in [2.75, 3.05) is 0 Å². The van der Waals surface area contributed by atoms with E-state index in [1.165, 1.54) is 0 Å². The molecule has 2 aromatic rings. The van der Waals surface area contributed by atoms with Crippen molar-refractivity contribution < 1.29 is 14.3 Å². The number of benzene rings is 2. The number of halogens is 3. The van der Waals surface area contributed by atoms with E-state index < -0.39 is 0 Å². The normalized spacial score (nSPS) is 10.5. The molecule has 0 unspecified atom stereocenters.